The van der Waals surface area contributed by atoms with Crippen molar-refractivity contribution in [2.24, 2.45) is 11.7 Å². The monoisotopic (exact) mass is 194 g/mol. The number of nitrogens with zero attached hydrogens (tertiary/aromatic N) is 3. The van der Waals surface area contributed by atoms with Crippen molar-refractivity contribution in [2.45, 2.75) is 45.2 Å². The maximum absolute atomic E-state index is 5.50. The van der Waals surface area contributed by atoms with Gasteiger partial charge in [0, 0.05) is 6.54 Å². The molecule has 0 aromatic carbocycles. The van der Waals surface area contributed by atoms with Gasteiger partial charge in [0.1, 0.15) is 0 Å². The Bertz CT molecular complexity index is 286. The van der Waals surface area contributed by atoms with Crippen molar-refractivity contribution in [2.75, 3.05) is 0 Å². The molecule has 0 spiro atoms. The Morgan fingerprint density at radius 2 is 2.14 bits per heavy atom. The van der Waals surface area contributed by atoms with Crippen molar-refractivity contribution in [3.63, 3.8) is 0 Å². The molecule has 0 atom stereocenters. The van der Waals surface area contributed by atoms with Gasteiger partial charge in [-0.1, -0.05) is 12.1 Å². The number of rotatable bonds is 2. The number of hydrogen-bond acceptors (Lipinski definition) is 3. The Hall–Kier alpha value is -0.900. The second-order valence-electron chi connectivity index (χ2n) is 4.31. The first-order valence-electron chi connectivity index (χ1n) is 5.40. The highest BCUT2D eigenvalue weighted by Gasteiger charge is 2.20. The van der Waals surface area contributed by atoms with Gasteiger partial charge in [-0.05, 0) is 31.6 Å². The van der Waals surface area contributed by atoms with Crippen molar-refractivity contribution in [3.8, 4) is 0 Å². The van der Waals surface area contributed by atoms with Crippen LogP contribution in [-0.2, 0) is 6.54 Å². The average molecular weight is 194 g/mol. The van der Waals surface area contributed by atoms with E-state index in [-0.39, 0.29) is 0 Å². The molecule has 4 heteroatoms. The molecule has 1 aromatic rings. The summed E-state index contributed by atoms with van der Waals surface area (Å²) in [6.07, 6.45) is 7.06. The van der Waals surface area contributed by atoms with Crippen LogP contribution < -0.4 is 5.73 Å². The van der Waals surface area contributed by atoms with Gasteiger partial charge in [0.15, 0.2) is 0 Å². The lowest BCUT2D eigenvalue weighted by molar-refractivity contribution is 0.270. The zero-order valence-corrected chi connectivity index (χ0v) is 8.69. The lowest BCUT2D eigenvalue weighted by Gasteiger charge is -2.25. The van der Waals surface area contributed by atoms with Gasteiger partial charge >= 0.3 is 0 Å². The Morgan fingerprint density at radius 3 is 2.71 bits per heavy atom. The van der Waals surface area contributed by atoms with E-state index in [1.165, 1.54) is 25.7 Å². The zero-order chi connectivity index (χ0) is 9.97. The largest absolute Gasteiger partial charge is 0.325 e. The van der Waals surface area contributed by atoms with E-state index in [0.29, 0.717) is 12.6 Å². The van der Waals surface area contributed by atoms with Crippen LogP contribution in [0.1, 0.15) is 44.3 Å². The number of hydrogen-bond donors (Lipinski definition) is 1. The molecule has 1 heterocycles. The highest BCUT2D eigenvalue weighted by atomic mass is 15.4. The molecule has 2 N–H and O–H groups in total. The van der Waals surface area contributed by atoms with E-state index in [2.05, 4.69) is 17.2 Å². The van der Waals surface area contributed by atoms with Crippen LogP contribution in [-0.4, -0.2) is 15.0 Å². The number of nitrogens with two attached hydrogens (primary N) is 1. The van der Waals surface area contributed by atoms with Crippen LogP contribution in [0.3, 0.4) is 0 Å². The van der Waals surface area contributed by atoms with Crippen LogP contribution in [0.25, 0.3) is 0 Å². The fraction of sp³-hybridized carbons (Fsp3) is 0.800. The predicted molar refractivity (Wildman–Crippen MR) is 54.6 cm³/mol. The van der Waals surface area contributed by atoms with E-state index < -0.39 is 0 Å². The normalized spacial score (nSPS) is 27.9. The summed E-state index contributed by atoms with van der Waals surface area (Å²) >= 11 is 0. The summed E-state index contributed by atoms with van der Waals surface area (Å²) in [7, 11) is 0. The highest BCUT2D eigenvalue weighted by molar-refractivity contribution is 4.92. The maximum Gasteiger partial charge on any atom is 0.0962 e. The van der Waals surface area contributed by atoms with Crippen molar-refractivity contribution in [1.82, 2.24) is 15.0 Å². The summed E-state index contributed by atoms with van der Waals surface area (Å²) in [5.74, 6) is 0.878. The molecule has 1 aliphatic carbocycles. The van der Waals surface area contributed by atoms with Crippen LogP contribution in [0.2, 0.25) is 0 Å². The summed E-state index contributed by atoms with van der Waals surface area (Å²) in [6, 6.07) is 0.555. The summed E-state index contributed by atoms with van der Waals surface area (Å²) in [6.45, 7) is 2.81. The van der Waals surface area contributed by atoms with Gasteiger partial charge in [-0.3, -0.25) is 0 Å². The second-order valence-corrected chi connectivity index (χ2v) is 4.31. The molecular formula is C10H18N4. The molecular weight excluding hydrogens is 176 g/mol. The summed E-state index contributed by atoms with van der Waals surface area (Å²) < 4.78 is 1.99. The lowest BCUT2D eigenvalue weighted by atomic mass is 9.87. The summed E-state index contributed by atoms with van der Waals surface area (Å²) in [4.78, 5) is 0. The first kappa shape index (κ1) is 9.65. The zero-order valence-electron chi connectivity index (χ0n) is 8.69. The number of aromatic nitrogens is 3. The molecule has 78 valence electrons. The minimum Gasteiger partial charge on any atom is -0.325 e. The lowest BCUT2D eigenvalue weighted by Crippen LogP contribution is -2.17. The fourth-order valence-electron chi connectivity index (χ4n) is 2.09. The SMILES string of the molecule is CC1CCC(n2cc(CN)nn2)CC1. The third-order valence-electron chi connectivity index (χ3n) is 3.13. The molecule has 0 unspecified atom stereocenters. The quantitative estimate of drug-likeness (QED) is 0.776. The minimum absolute atomic E-state index is 0.489. The predicted octanol–water partition coefficient (Wildman–Crippen LogP) is 1.49. The molecule has 1 aliphatic rings. The van der Waals surface area contributed by atoms with Gasteiger partial charge in [0.25, 0.3) is 0 Å². The highest BCUT2D eigenvalue weighted by Crippen LogP contribution is 2.30. The van der Waals surface area contributed by atoms with Crippen LogP contribution in [0.4, 0.5) is 0 Å². The standard InChI is InChI=1S/C10H18N4/c1-8-2-4-10(5-3-8)14-7-9(6-11)12-13-14/h7-8,10H,2-6,11H2,1H3. The first-order chi connectivity index (χ1) is 6.79. The topological polar surface area (TPSA) is 56.7 Å². The van der Waals surface area contributed by atoms with E-state index in [1.54, 1.807) is 0 Å². The fourth-order valence-corrected chi connectivity index (χ4v) is 2.09. The van der Waals surface area contributed by atoms with Gasteiger partial charge in [-0.15, -0.1) is 5.10 Å². The van der Waals surface area contributed by atoms with E-state index >= 15 is 0 Å². The van der Waals surface area contributed by atoms with Crippen LogP contribution >= 0.6 is 0 Å². The third kappa shape index (κ3) is 1.95. The molecule has 4 nitrogen and oxygen atoms in total. The van der Waals surface area contributed by atoms with E-state index in [9.17, 15) is 0 Å². The van der Waals surface area contributed by atoms with Crippen molar-refractivity contribution in [3.05, 3.63) is 11.9 Å². The van der Waals surface area contributed by atoms with Crippen LogP contribution in [0, 0.1) is 5.92 Å². The molecule has 1 aromatic heterocycles. The Morgan fingerprint density at radius 1 is 1.43 bits per heavy atom. The Labute approximate surface area is 84.5 Å². The second kappa shape index (κ2) is 4.09. The van der Waals surface area contributed by atoms with Crippen molar-refractivity contribution >= 4 is 0 Å². The third-order valence-corrected chi connectivity index (χ3v) is 3.13. The van der Waals surface area contributed by atoms with Crippen molar-refractivity contribution < 1.29 is 0 Å². The van der Waals surface area contributed by atoms with Gasteiger partial charge < -0.3 is 5.73 Å². The van der Waals surface area contributed by atoms with E-state index in [0.717, 1.165) is 11.6 Å². The summed E-state index contributed by atoms with van der Waals surface area (Å²) in [5.41, 5.74) is 6.39. The molecule has 14 heavy (non-hydrogen) atoms. The molecule has 1 fully saturated rings. The summed E-state index contributed by atoms with van der Waals surface area (Å²) in [5, 5.41) is 8.14. The molecule has 0 amide bonds. The van der Waals surface area contributed by atoms with Crippen LogP contribution in [0.5, 0.6) is 0 Å². The average Bonchev–Trinajstić information content (AvgIpc) is 2.67. The molecule has 0 aliphatic heterocycles. The molecule has 0 radical (unpaired) electrons. The molecule has 0 saturated heterocycles. The molecule has 1 saturated carbocycles. The van der Waals surface area contributed by atoms with Gasteiger partial charge in [0.2, 0.25) is 0 Å². The van der Waals surface area contributed by atoms with E-state index in [4.69, 9.17) is 5.73 Å². The maximum atomic E-state index is 5.50. The van der Waals surface area contributed by atoms with E-state index in [1.807, 2.05) is 10.9 Å². The first-order valence-corrected chi connectivity index (χ1v) is 5.40. The Balaban J connectivity index is 2.01. The minimum atomic E-state index is 0.489. The molecule has 2 rings (SSSR count). The molecule has 0 bridgehead atoms. The van der Waals surface area contributed by atoms with Gasteiger partial charge in [-0.25, -0.2) is 4.68 Å². The Kier molecular flexibility index (Phi) is 2.82. The van der Waals surface area contributed by atoms with Crippen molar-refractivity contribution in [1.29, 1.82) is 0 Å². The van der Waals surface area contributed by atoms with Gasteiger partial charge in [-0.2, -0.15) is 0 Å². The van der Waals surface area contributed by atoms with Crippen LogP contribution in [0.15, 0.2) is 6.20 Å². The smallest absolute Gasteiger partial charge is 0.0962 e. The van der Waals surface area contributed by atoms with Gasteiger partial charge in [0.05, 0.1) is 17.9 Å².